The molecule has 1 aromatic carbocycles. The van der Waals surface area contributed by atoms with E-state index in [9.17, 15) is 9.59 Å². The Morgan fingerprint density at radius 2 is 1.96 bits per heavy atom. The largest absolute Gasteiger partial charge is 0.465 e. The Hall–Kier alpha value is -2.56. The van der Waals surface area contributed by atoms with Crippen LogP contribution in [0.15, 0.2) is 30.3 Å². The highest BCUT2D eigenvalue weighted by Crippen LogP contribution is 2.26. The van der Waals surface area contributed by atoms with Crippen molar-refractivity contribution in [2.24, 2.45) is 0 Å². The van der Waals surface area contributed by atoms with E-state index in [1.807, 2.05) is 23.1 Å². The molecule has 1 fully saturated rings. The van der Waals surface area contributed by atoms with E-state index in [2.05, 4.69) is 17.1 Å². The molecule has 1 aliphatic rings. The van der Waals surface area contributed by atoms with Crippen molar-refractivity contribution in [1.82, 2.24) is 9.88 Å². The number of nitrogens with zero attached hydrogens (tertiary/aromatic N) is 1. The van der Waals surface area contributed by atoms with Crippen LogP contribution in [0.3, 0.4) is 0 Å². The second-order valence-electron chi connectivity index (χ2n) is 6.60. The molecule has 1 N–H and O–H groups in total. The van der Waals surface area contributed by atoms with E-state index >= 15 is 0 Å². The first kappa shape index (κ1) is 17.3. The highest BCUT2D eigenvalue weighted by atomic mass is 16.5. The lowest BCUT2D eigenvalue weighted by molar-refractivity contribution is 0.0599. The quantitative estimate of drug-likeness (QED) is 0.869. The molecule has 1 atom stereocenters. The molecule has 1 saturated heterocycles. The number of methoxy groups -OCH3 is 1. The number of hydrogen-bond donors (Lipinski definition) is 1. The molecule has 0 unspecified atom stereocenters. The summed E-state index contributed by atoms with van der Waals surface area (Å²) in [7, 11) is 1.35. The van der Waals surface area contributed by atoms with Gasteiger partial charge in [0, 0.05) is 18.3 Å². The minimum absolute atomic E-state index is 0.0332. The van der Waals surface area contributed by atoms with Crippen LogP contribution in [0.25, 0.3) is 0 Å². The van der Waals surface area contributed by atoms with Gasteiger partial charge in [0.05, 0.1) is 12.7 Å². The van der Waals surface area contributed by atoms with Gasteiger partial charge in [0.2, 0.25) is 0 Å². The van der Waals surface area contributed by atoms with Crippen molar-refractivity contribution < 1.29 is 14.3 Å². The lowest BCUT2D eigenvalue weighted by Gasteiger charge is -2.25. The van der Waals surface area contributed by atoms with Crippen LogP contribution in [0.2, 0.25) is 0 Å². The number of likely N-dealkylation sites (tertiary alicyclic amines) is 1. The monoisotopic (exact) mass is 340 g/mol. The second kappa shape index (κ2) is 7.13. The van der Waals surface area contributed by atoms with E-state index in [1.54, 1.807) is 13.8 Å². The van der Waals surface area contributed by atoms with E-state index in [4.69, 9.17) is 4.74 Å². The number of esters is 1. The molecular weight excluding hydrogens is 316 g/mol. The van der Waals surface area contributed by atoms with Crippen molar-refractivity contribution >= 4 is 11.9 Å². The van der Waals surface area contributed by atoms with Gasteiger partial charge >= 0.3 is 5.97 Å². The molecule has 0 spiro atoms. The van der Waals surface area contributed by atoms with Gasteiger partial charge in [-0.25, -0.2) is 4.79 Å². The average Bonchev–Trinajstić information content (AvgIpc) is 3.19. The van der Waals surface area contributed by atoms with Crippen LogP contribution in [0.4, 0.5) is 0 Å². The second-order valence-corrected chi connectivity index (χ2v) is 6.60. The van der Waals surface area contributed by atoms with E-state index in [-0.39, 0.29) is 11.9 Å². The zero-order valence-electron chi connectivity index (χ0n) is 15.0. The molecule has 5 nitrogen and oxygen atoms in total. The molecule has 0 radical (unpaired) electrons. The van der Waals surface area contributed by atoms with Gasteiger partial charge in [0.15, 0.2) is 0 Å². The molecule has 2 heterocycles. The number of carbonyl (C=O) groups is 2. The smallest absolute Gasteiger partial charge is 0.339 e. The Morgan fingerprint density at radius 3 is 2.64 bits per heavy atom. The van der Waals surface area contributed by atoms with Crippen molar-refractivity contribution in [3.8, 4) is 0 Å². The maximum atomic E-state index is 13.1. The number of amides is 1. The first-order chi connectivity index (χ1) is 12.0. The van der Waals surface area contributed by atoms with Gasteiger partial charge in [0.25, 0.3) is 5.91 Å². The molecule has 1 aromatic heterocycles. The fraction of sp³-hybridized carbons (Fsp3) is 0.400. The Labute approximate surface area is 148 Å². The lowest BCUT2D eigenvalue weighted by Crippen LogP contribution is -2.37. The normalized spacial score (nSPS) is 16.9. The summed E-state index contributed by atoms with van der Waals surface area (Å²) in [6.45, 7) is 4.34. The Morgan fingerprint density at radius 1 is 1.24 bits per heavy atom. The third-order valence-corrected chi connectivity index (χ3v) is 4.99. The van der Waals surface area contributed by atoms with Crippen LogP contribution in [0, 0.1) is 13.8 Å². The van der Waals surface area contributed by atoms with Gasteiger partial charge in [-0.3, -0.25) is 4.79 Å². The summed E-state index contributed by atoms with van der Waals surface area (Å²) in [4.78, 5) is 30.1. The van der Waals surface area contributed by atoms with Crippen LogP contribution in [-0.2, 0) is 11.2 Å². The molecular formula is C20H24N2O3. The van der Waals surface area contributed by atoms with Gasteiger partial charge < -0.3 is 14.6 Å². The molecule has 0 aliphatic carbocycles. The molecule has 25 heavy (non-hydrogen) atoms. The van der Waals surface area contributed by atoms with Crippen LogP contribution >= 0.6 is 0 Å². The third-order valence-electron chi connectivity index (χ3n) is 4.99. The number of ether oxygens (including phenoxy) is 1. The molecule has 0 saturated carbocycles. The van der Waals surface area contributed by atoms with E-state index in [0.29, 0.717) is 22.5 Å². The van der Waals surface area contributed by atoms with Crippen molar-refractivity contribution in [3.05, 3.63) is 58.4 Å². The first-order valence-corrected chi connectivity index (χ1v) is 8.65. The van der Waals surface area contributed by atoms with Gasteiger partial charge in [-0.2, -0.15) is 0 Å². The van der Waals surface area contributed by atoms with Gasteiger partial charge in [0.1, 0.15) is 5.69 Å². The molecule has 2 aromatic rings. The SMILES string of the molecule is COC(=O)c1c(C)[nH]c(C(=O)N2CCC[C@@H]2Cc2ccccc2)c1C. The van der Waals surface area contributed by atoms with Gasteiger partial charge in [-0.15, -0.1) is 0 Å². The van der Waals surface area contributed by atoms with Gasteiger partial charge in [-0.1, -0.05) is 30.3 Å². The summed E-state index contributed by atoms with van der Waals surface area (Å²) in [6.07, 6.45) is 2.87. The number of H-pyrrole nitrogens is 1. The van der Waals surface area contributed by atoms with E-state index in [0.717, 1.165) is 25.8 Å². The summed E-state index contributed by atoms with van der Waals surface area (Å²) < 4.78 is 4.83. The third kappa shape index (κ3) is 3.31. The topological polar surface area (TPSA) is 62.4 Å². The predicted molar refractivity (Wildman–Crippen MR) is 95.8 cm³/mol. The summed E-state index contributed by atoms with van der Waals surface area (Å²) in [5, 5.41) is 0. The summed E-state index contributed by atoms with van der Waals surface area (Å²) in [5.74, 6) is -0.443. The highest BCUT2D eigenvalue weighted by molar-refractivity contribution is 6.00. The number of aryl methyl sites for hydroxylation is 1. The fourth-order valence-electron chi connectivity index (χ4n) is 3.72. The van der Waals surface area contributed by atoms with Crippen LogP contribution in [0.1, 0.15) is 50.5 Å². The van der Waals surface area contributed by atoms with E-state index < -0.39 is 5.97 Å². The molecule has 5 heteroatoms. The number of rotatable bonds is 4. The molecule has 3 rings (SSSR count). The zero-order valence-corrected chi connectivity index (χ0v) is 15.0. The van der Waals surface area contributed by atoms with Crippen molar-refractivity contribution in [2.45, 2.75) is 39.2 Å². The maximum absolute atomic E-state index is 13.1. The van der Waals surface area contributed by atoms with Crippen LogP contribution < -0.4 is 0 Å². The standard InChI is InChI=1S/C20H24N2O3/c1-13-17(20(24)25-3)14(2)21-18(13)19(23)22-11-7-10-16(22)12-15-8-5-4-6-9-15/h4-6,8-9,16,21H,7,10-12H2,1-3H3/t16-/m1/s1. The number of benzene rings is 1. The number of carbonyl (C=O) groups excluding carboxylic acids is 2. The summed E-state index contributed by atoms with van der Waals surface area (Å²) >= 11 is 0. The molecule has 1 amide bonds. The number of aromatic amines is 1. The van der Waals surface area contributed by atoms with E-state index in [1.165, 1.54) is 12.7 Å². The van der Waals surface area contributed by atoms with Gasteiger partial charge in [-0.05, 0) is 44.2 Å². The minimum Gasteiger partial charge on any atom is -0.465 e. The summed E-state index contributed by atoms with van der Waals surface area (Å²) in [5.41, 5.74) is 3.54. The average molecular weight is 340 g/mol. The van der Waals surface area contributed by atoms with Crippen LogP contribution in [-0.4, -0.2) is 41.5 Å². The van der Waals surface area contributed by atoms with Crippen molar-refractivity contribution in [2.75, 3.05) is 13.7 Å². The minimum atomic E-state index is -0.410. The molecule has 1 aliphatic heterocycles. The fourth-order valence-corrected chi connectivity index (χ4v) is 3.72. The zero-order chi connectivity index (χ0) is 18.0. The number of hydrogen-bond acceptors (Lipinski definition) is 3. The van der Waals surface area contributed by atoms with Crippen molar-refractivity contribution in [3.63, 3.8) is 0 Å². The maximum Gasteiger partial charge on any atom is 0.339 e. The molecule has 132 valence electrons. The number of nitrogens with one attached hydrogen (secondary N) is 1. The Kier molecular flexibility index (Phi) is 4.93. The first-order valence-electron chi connectivity index (χ1n) is 8.65. The van der Waals surface area contributed by atoms with Crippen LogP contribution in [0.5, 0.6) is 0 Å². The number of aromatic nitrogens is 1. The predicted octanol–water partition coefficient (Wildman–Crippen LogP) is 3.27. The molecule has 0 bridgehead atoms. The lowest BCUT2D eigenvalue weighted by atomic mass is 10.0. The Bertz CT molecular complexity index is 780. The highest BCUT2D eigenvalue weighted by Gasteiger charge is 2.32. The van der Waals surface area contributed by atoms with Crippen molar-refractivity contribution in [1.29, 1.82) is 0 Å². The Balaban J connectivity index is 1.84. The summed E-state index contributed by atoms with van der Waals surface area (Å²) in [6, 6.07) is 10.4.